The molecule has 4 heteroatoms. The SMILES string of the molecule is NC(=O)C1CCCCN1C1CCC(N)CC1. The number of amides is 1. The van der Waals surface area contributed by atoms with Crippen molar-refractivity contribution >= 4 is 5.91 Å². The first kappa shape index (κ1) is 11.9. The normalized spacial score (nSPS) is 37.2. The van der Waals surface area contributed by atoms with Crippen LogP contribution in [0.4, 0.5) is 0 Å². The van der Waals surface area contributed by atoms with Gasteiger partial charge in [0.1, 0.15) is 0 Å². The Labute approximate surface area is 97.3 Å². The number of nitrogens with two attached hydrogens (primary N) is 2. The predicted octanol–water partition coefficient (Wildman–Crippen LogP) is 0.596. The molecule has 1 atom stereocenters. The molecule has 0 aromatic rings. The van der Waals surface area contributed by atoms with Crippen molar-refractivity contribution in [2.45, 2.75) is 63.1 Å². The number of hydrogen-bond donors (Lipinski definition) is 2. The summed E-state index contributed by atoms with van der Waals surface area (Å²) in [5.41, 5.74) is 11.4. The molecule has 92 valence electrons. The number of nitrogens with zero attached hydrogens (tertiary/aromatic N) is 1. The summed E-state index contributed by atoms with van der Waals surface area (Å²) in [6.07, 6.45) is 7.72. The fourth-order valence-electron chi connectivity index (χ4n) is 3.13. The summed E-state index contributed by atoms with van der Waals surface area (Å²) in [4.78, 5) is 13.8. The van der Waals surface area contributed by atoms with Gasteiger partial charge in [-0.05, 0) is 45.1 Å². The molecule has 0 aromatic heterocycles. The van der Waals surface area contributed by atoms with E-state index in [2.05, 4.69) is 4.90 Å². The lowest BCUT2D eigenvalue weighted by molar-refractivity contribution is -0.125. The van der Waals surface area contributed by atoms with Gasteiger partial charge in [0, 0.05) is 12.1 Å². The average Bonchev–Trinajstić information content (AvgIpc) is 2.30. The van der Waals surface area contributed by atoms with Crippen LogP contribution < -0.4 is 11.5 Å². The molecule has 1 heterocycles. The number of carbonyl (C=O) groups excluding carboxylic acids is 1. The third-order valence-electron chi connectivity index (χ3n) is 4.08. The van der Waals surface area contributed by atoms with Crippen LogP contribution in [-0.2, 0) is 4.79 Å². The van der Waals surface area contributed by atoms with Crippen molar-refractivity contribution < 1.29 is 4.79 Å². The second-order valence-corrected chi connectivity index (χ2v) is 5.22. The van der Waals surface area contributed by atoms with Crippen LogP contribution in [-0.4, -0.2) is 35.5 Å². The Morgan fingerprint density at radius 3 is 2.38 bits per heavy atom. The lowest BCUT2D eigenvalue weighted by atomic mass is 9.88. The average molecular weight is 225 g/mol. The highest BCUT2D eigenvalue weighted by atomic mass is 16.1. The Hall–Kier alpha value is -0.610. The molecular weight excluding hydrogens is 202 g/mol. The zero-order valence-electron chi connectivity index (χ0n) is 9.90. The van der Waals surface area contributed by atoms with Gasteiger partial charge in [-0.15, -0.1) is 0 Å². The standard InChI is InChI=1S/C12H23N3O/c13-9-4-6-10(7-5-9)15-8-2-1-3-11(15)12(14)16/h9-11H,1-8,13H2,(H2,14,16). The fraction of sp³-hybridized carbons (Fsp3) is 0.917. The van der Waals surface area contributed by atoms with E-state index < -0.39 is 0 Å². The zero-order valence-corrected chi connectivity index (χ0v) is 9.90. The van der Waals surface area contributed by atoms with Gasteiger partial charge in [-0.25, -0.2) is 0 Å². The molecule has 2 aliphatic rings. The quantitative estimate of drug-likeness (QED) is 0.722. The Kier molecular flexibility index (Phi) is 3.82. The fourth-order valence-corrected chi connectivity index (χ4v) is 3.13. The highest BCUT2D eigenvalue weighted by Crippen LogP contribution is 2.28. The smallest absolute Gasteiger partial charge is 0.234 e. The van der Waals surface area contributed by atoms with Crippen LogP contribution in [0.2, 0.25) is 0 Å². The van der Waals surface area contributed by atoms with E-state index in [1.807, 2.05) is 0 Å². The first-order valence-corrected chi connectivity index (χ1v) is 6.49. The summed E-state index contributed by atoms with van der Waals surface area (Å²) in [6.45, 7) is 1.04. The number of primary amides is 1. The van der Waals surface area contributed by atoms with Gasteiger partial charge >= 0.3 is 0 Å². The van der Waals surface area contributed by atoms with E-state index >= 15 is 0 Å². The van der Waals surface area contributed by atoms with Gasteiger partial charge in [0.2, 0.25) is 5.91 Å². The minimum atomic E-state index is -0.144. The molecule has 4 N–H and O–H groups in total. The van der Waals surface area contributed by atoms with Crippen molar-refractivity contribution in [3.63, 3.8) is 0 Å². The van der Waals surface area contributed by atoms with Crippen LogP contribution >= 0.6 is 0 Å². The van der Waals surface area contributed by atoms with Crippen molar-refractivity contribution in [2.75, 3.05) is 6.54 Å². The lowest BCUT2D eigenvalue weighted by Crippen LogP contribution is -2.53. The van der Waals surface area contributed by atoms with Crippen molar-refractivity contribution in [1.29, 1.82) is 0 Å². The van der Waals surface area contributed by atoms with Crippen LogP contribution in [0, 0.1) is 0 Å². The second kappa shape index (κ2) is 5.15. The summed E-state index contributed by atoms with van der Waals surface area (Å²) >= 11 is 0. The molecular formula is C12H23N3O. The number of rotatable bonds is 2. The molecule has 2 fully saturated rings. The number of carbonyl (C=O) groups is 1. The summed E-state index contributed by atoms with van der Waals surface area (Å²) in [5, 5.41) is 0. The summed E-state index contributed by atoms with van der Waals surface area (Å²) in [5.74, 6) is -0.144. The minimum Gasteiger partial charge on any atom is -0.368 e. The maximum absolute atomic E-state index is 11.4. The van der Waals surface area contributed by atoms with Gasteiger partial charge in [-0.1, -0.05) is 6.42 Å². The maximum atomic E-state index is 11.4. The molecule has 0 bridgehead atoms. The summed E-state index contributed by atoms with van der Waals surface area (Å²) in [7, 11) is 0. The van der Waals surface area contributed by atoms with Crippen molar-refractivity contribution in [3.8, 4) is 0 Å². The van der Waals surface area contributed by atoms with Crippen molar-refractivity contribution in [3.05, 3.63) is 0 Å². The van der Waals surface area contributed by atoms with Crippen LogP contribution in [0.3, 0.4) is 0 Å². The number of piperidine rings is 1. The largest absolute Gasteiger partial charge is 0.368 e. The Bertz CT molecular complexity index is 249. The van der Waals surface area contributed by atoms with Crippen LogP contribution in [0.1, 0.15) is 44.9 Å². The Morgan fingerprint density at radius 2 is 1.75 bits per heavy atom. The van der Waals surface area contributed by atoms with Crippen molar-refractivity contribution in [2.24, 2.45) is 11.5 Å². The topological polar surface area (TPSA) is 72.4 Å². The van der Waals surface area contributed by atoms with Crippen LogP contribution in [0.5, 0.6) is 0 Å². The second-order valence-electron chi connectivity index (χ2n) is 5.22. The van der Waals surface area contributed by atoms with Gasteiger partial charge in [-0.3, -0.25) is 9.69 Å². The molecule has 1 saturated heterocycles. The molecule has 16 heavy (non-hydrogen) atoms. The summed E-state index contributed by atoms with van der Waals surface area (Å²) in [6, 6.07) is 0.888. The molecule has 0 radical (unpaired) electrons. The van der Waals surface area contributed by atoms with E-state index in [0.717, 1.165) is 45.1 Å². The molecule has 1 unspecified atom stereocenters. The Morgan fingerprint density at radius 1 is 1.06 bits per heavy atom. The van der Waals surface area contributed by atoms with E-state index in [4.69, 9.17) is 11.5 Å². The van der Waals surface area contributed by atoms with Gasteiger partial charge < -0.3 is 11.5 Å². The molecule has 0 spiro atoms. The highest BCUT2D eigenvalue weighted by Gasteiger charge is 2.33. The van der Waals surface area contributed by atoms with Crippen LogP contribution in [0.15, 0.2) is 0 Å². The monoisotopic (exact) mass is 225 g/mol. The van der Waals surface area contributed by atoms with Gasteiger partial charge in [0.15, 0.2) is 0 Å². The van der Waals surface area contributed by atoms with E-state index in [9.17, 15) is 4.79 Å². The van der Waals surface area contributed by atoms with Gasteiger partial charge in [0.25, 0.3) is 0 Å². The third-order valence-corrected chi connectivity index (χ3v) is 4.08. The van der Waals surface area contributed by atoms with Gasteiger partial charge in [-0.2, -0.15) is 0 Å². The molecule has 0 aromatic carbocycles. The molecule has 2 rings (SSSR count). The van der Waals surface area contributed by atoms with E-state index in [1.54, 1.807) is 0 Å². The van der Waals surface area contributed by atoms with E-state index in [0.29, 0.717) is 12.1 Å². The first-order chi connectivity index (χ1) is 7.68. The predicted molar refractivity (Wildman–Crippen MR) is 63.8 cm³/mol. The first-order valence-electron chi connectivity index (χ1n) is 6.49. The number of hydrogen-bond acceptors (Lipinski definition) is 3. The maximum Gasteiger partial charge on any atom is 0.234 e. The highest BCUT2D eigenvalue weighted by molar-refractivity contribution is 5.80. The molecule has 1 aliphatic heterocycles. The van der Waals surface area contributed by atoms with Gasteiger partial charge in [0.05, 0.1) is 6.04 Å². The van der Waals surface area contributed by atoms with Crippen molar-refractivity contribution in [1.82, 2.24) is 4.90 Å². The molecule has 1 aliphatic carbocycles. The molecule has 4 nitrogen and oxygen atoms in total. The van der Waals surface area contributed by atoms with E-state index in [1.165, 1.54) is 6.42 Å². The minimum absolute atomic E-state index is 0.0203. The molecule has 1 saturated carbocycles. The Balaban J connectivity index is 1.97. The zero-order chi connectivity index (χ0) is 11.5. The number of likely N-dealkylation sites (tertiary alicyclic amines) is 1. The van der Waals surface area contributed by atoms with Crippen LogP contribution in [0.25, 0.3) is 0 Å². The molecule has 1 amide bonds. The van der Waals surface area contributed by atoms with E-state index in [-0.39, 0.29) is 11.9 Å². The lowest BCUT2D eigenvalue weighted by Gasteiger charge is -2.42. The third kappa shape index (κ3) is 2.55. The summed E-state index contributed by atoms with van der Waals surface area (Å²) < 4.78 is 0.